The van der Waals surface area contributed by atoms with Crippen LogP contribution in [0.3, 0.4) is 0 Å². The Morgan fingerprint density at radius 3 is 2.83 bits per heavy atom. The van der Waals surface area contributed by atoms with Crippen LogP contribution in [0.4, 0.5) is 4.79 Å². The molecule has 0 saturated carbocycles. The maximum atomic E-state index is 12.5. The summed E-state index contributed by atoms with van der Waals surface area (Å²) in [6, 6.07) is 3.53. The predicted octanol–water partition coefficient (Wildman–Crippen LogP) is 2.70. The molecule has 2 N–H and O–H groups in total. The maximum absolute atomic E-state index is 12.5. The number of rotatable bonds is 3. The third-order valence-corrected chi connectivity index (χ3v) is 5.22. The van der Waals surface area contributed by atoms with Crippen molar-refractivity contribution in [2.24, 2.45) is 5.92 Å². The third kappa shape index (κ3) is 3.78. The lowest BCUT2D eigenvalue weighted by atomic mass is 9.99. The van der Waals surface area contributed by atoms with Gasteiger partial charge in [0.2, 0.25) is 0 Å². The number of carbonyl (C=O) groups excluding carboxylic acids is 1. The van der Waals surface area contributed by atoms with Crippen molar-refractivity contribution in [3.63, 3.8) is 0 Å². The molecule has 6 nitrogen and oxygen atoms in total. The molecule has 2 aliphatic heterocycles. The first kappa shape index (κ1) is 17.4. The predicted molar refractivity (Wildman–Crippen MR) is 93.5 cm³/mol. The van der Waals surface area contributed by atoms with E-state index in [-0.39, 0.29) is 24.6 Å². The summed E-state index contributed by atoms with van der Waals surface area (Å²) in [5.41, 5.74) is 0.948. The zero-order valence-corrected chi connectivity index (χ0v) is 15.3. The topological polar surface area (TPSA) is 71.0 Å². The van der Waals surface area contributed by atoms with E-state index in [2.05, 4.69) is 21.2 Å². The summed E-state index contributed by atoms with van der Waals surface area (Å²) >= 11 is 3.55. The van der Waals surface area contributed by atoms with E-state index in [1.165, 1.54) is 0 Å². The molecule has 2 unspecified atom stereocenters. The third-order valence-electron chi connectivity index (χ3n) is 4.53. The van der Waals surface area contributed by atoms with Crippen LogP contribution in [0.1, 0.15) is 31.4 Å². The van der Waals surface area contributed by atoms with Gasteiger partial charge in [-0.25, -0.2) is 4.79 Å². The molecule has 1 fully saturated rings. The summed E-state index contributed by atoms with van der Waals surface area (Å²) in [5.74, 6) is 1.61. The minimum Gasteiger partial charge on any atom is -0.486 e. The number of piperidine rings is 1. The number of nitrogens with one attached hydrogen (secondary N) is 1. The first-order chi connectivity index (χ1) is 11.6. The van der Waals surface area contributed by atoms with Gasteiger partial charge in [0.05, 0.1) is 6.04 Å². The molecule has 0 radical (unpaired) electrons. The zero-order valence-electron chi connectivity index (χ0n) is 13.8. The van der Waals surface area contributed by atoms with E-state index in [4.69, 9.17) is 9.47 Å². The fourth-order valence-corrected chi connectivity index (χ4v) is 3.83. The van der Waals surface area contributed by atoms with Gasteiger partial charge in [0.15, 0.2) is 11.5 Å². The smallest absolute Gasteiger partial charge is 0.317 e. The first-order valence-corrected chi connectivity index (χ1v) is 9.13. The normalized spacial score (nSPS) is 21.3. The Bertz CT molecular complexity index is 610. The number of carbonyl (C=O) groups is 1. The Balaban J connectivity index is 1.68. The Hall–Kier alpha value is -1.47. The number of aliphatic hydroxyl groups is 1. The Kier molecular flexibility index (Phi) is 5.50. The molecular weight excluding hydrogens is 376 g/mol. The Morgan fingerprint density at radius 1 is 1.42 bits per heavy atom. The number of ether oxygens (including phenoxy) is 2. The van der Waals surface area contributed by atoms with Crippen LogP contribution in [-0.4, -0.2) is 48.9 Å². The Labute approximate surface area is 150 Å². The average molecular weight is 399 g/mol. The molecule has 0 bridgehead atoms. The molecule has 3 rings (SSSR count). The van der Waals surface area contributed by atoms with Gasteiger partial charge in [-0.3, -0.25) is 0 Å². The number of benzene rings is 1. The van der Waals surface area contributed by atoms with Gasteiger partial charge < -0.3 is 24.8 Å². The SMILES string of the molecule is CC(NC(=O)N1CCCC(CO)C1)c1cc2c(cc1Br)OCCO2. The second-order valence-electron chi connectivity index (χ2n) is 6.33. The van der Waals surface area contributed by atoms with Crippen LogP contribution >= 0.6 is 15.9 Å². The van der Waals surface area contributed by atoms with Gasteiger partial charge in [-0.2, -0.15) is 0 Å². The first-order valence-electron chi connectivity index (χ1n) is 8.34. The molecule has 2 amide bonds. The van der Waals surface area contributed by atoms with E-state index in [9.17, 15) is 9.90 Å². The number of hydrogen-bond donors (Lipinski definition) is 2. The number of nitrogens with zero attached hydrogens (tertiary/aromatic N) is 1. The lowest BCUT2D eigenvalue weighted by Crippen LogP contribution is -2.46. The van der Waals surface area contributed by atoms with E-state index in [0.717, 1.165) is 35.2 Å². The highest BCUT2D eigenvalue weighted by Gasteiger charge is 2.25. The Morgan fingerprint density at radius 2 is 2.12 bits per heavy atom. The summed E-state index contributed by atoms with van der Waals surface area (Å²) in [7, 11) is 0. The number of halogens is 1. The van der Waals surface area contributed by atoms with Crippen molar-refractivity contribution in [2.45, 2.75) is 25.8 Å². The molecule has 2 atom stereocenters. The molecule has 24 heavy (non-hydrogen) atoms. The van der Waals surface area contributed by atoms with Crippen LogP contribution < -0.4 is 14.8 Å². The van der Waals surface area contributed by atoms with Gasteiger partial charge >= 0.3 is 6.03 Å². The van der Waals surface area contributed by atoms with E-state index in [1.54, 1.807) is 4.90 Å². The maximum Gasteiger partial charge on any atom is 0.317 e. The van der Waals surface area contributed by atoms with E-state index < -0.39 is 0 Å². The lowest BCUT2D eigenvalue weighted by Gasteiger charge is -2.33. The average Bonchev–Trinajstić information content (AvgIpc) is 2.61. The van der Waals surface area contributed by atoms with Crippen LogP contribution in [0.2, 0.25) is 0 Å². The minimum atomic E-state index is -0.169. The minimum absolute atomic E-state index is 0.0950. The van der Waals surface area contributed by atoms with Crippen molar-refractivity contribution in [3.8, 4) is 11.5 Å². The largest absolute Gasteiger partial charge is 0.486 e. The van der Waals surface area contributed by atoms with E-state index >= 15 is 0 Å². The van der Waals surface area contributed by atoms with Crippen LogP contribution in [0.15, 0.2) is 16.6 Å². The highest BCUT2D eigenvalue weighted by atomic mass is 79.9. The molecule has 0 aliphatic carbocycles. The van der Waals surface area contributed by atoms with Crippen LogP contribution in [0.25, 0.3) is 0 Å². The molecule has 1 aromatic carbocycles. The summed E-state index contributed by atoms with van der Waals surface area (Å²) in [6.45, 7) is 4.50. The highest BCUT2D eigenvalue weighted by molar-refractivity contribution is 9.10. The number of likely N-dealkylation sites (tertiary alicyclic amines) is 1. The number of fused-ring (bicyclic) bond motifs is 1. The molecular formula is C17H23BrN2O4. The number of amides is 2. The molecule has 1 aromatic rings. The van der Waals surface area contributed by atoms with Gasteiger partial charge in [0.25, 0.3) is 0 Å². The van der Waals surface area contributed by atoms with Crippen molar-refractivity contribution in [2.75, 3.05) is 32.9 Å². The van der Waals surface area contributed by atoms with Crippen molar-refractivity contribution in [3.05, 3.63) is 22.2 Å². The number of aliphatic hydroxyl groups excluding tert-OH is 1. The molecule has 0 spiro atoms. The van der Waals surface area contributed by atoms with Crippen molar-refractivity contribution in [1.29, 1.82) is 0 Å². The monoisotopic (exact) mass is 398 g/mol. The molecule has 0 aromatic heterocycles. The van der Waals surface area contributed by atoms with Gasteiger partial charge in [0, 0.05) is 24.2 Å². The van der Waals surface area contributed by atoms with Gasteiger partial charge in [-0.1, -0.05) is 15.9 Å². The number of hydrogen-bond acceptors (Lipinski definition) is 4. The molecule has 7 heteroatoms. The summed E-state index contributed by atoms with van der Waals surface area (Å²) in [6.07, 6.45) is 1.91. The standard InChI is InChI=1S/C17H23BrN2O4/c1-11(19-17(22)20-4-2-3-12(9-20)10-21)13-7-15-16(8-14(13)18)24-6-5-23-15/h7-8,11-12,21H,2-6,9-10H2,1H3,(H,19,22). The summed E-state index contributed by atoms with van der Waals surface area (Å²) < 4.78 is 12.1. The molecule has 1 saturated heterocycles. The number of urea groups is 1. The van der Waals surface area contributed by atoms with Crippen molar-refractivity contribution >= 4 is 22.0 Å². The lowest BCUT2D eigenvalue weighted by molar-refractivity contribution is 0.128. The quantitative estimate of drug-likeness (QED) is 0.820. The molecule has 132 valence electrons. The summed E-state index contributed by atoms with van der Waals surface area (Å²) in [4.78, 5) is 14.3. The zero-order chi connectivity index (χ0) is 17.1. The van der Waals surface area contributed by atoms with E-state index in [1.807, 2.05) is 19.1 Å². The fraction of sp³-hybridized carbons (Fsp3) is 0.588. The van der Waals surface area contributed by atoms with Crippen LogP contribution in [-0.2, 0) is 0 Å². The van der Waals surface area contributed by atoms with Crippen molar-refractivity contribution in [1.82, 2.24) is 10.2 Å². The molecule has 2 aliphatic rings. The van der Waals surface area contributed by atoms with Gasteiger partial charge in [-0.05, 0) is 43.4 Å². The van der Waals surface area contributed by atoms with Crippen LogP contribution in [0, 0.1) is 5.92 Å². The fourth-order valence-electron chi connectivity index (χ4n) is 3.16. The molecule has 2 heterocycles. The van der Waals surface area contributed by atoms with Crippen LogP contribution in [0.5, 0.6) is 11.5 Å². The summed E-state index contributed by atoms with van der Waals surface area (Å²) in [5, 5.41) is 12.3. The van der Waals surface area contributed by atoms with Gasteiger partial charge in [-0.15, -0.1) is 0 Å². The second kappa shape index (κ2) is 7.61. The second-order valence-corrected chi connectivity index (χ2v) is 7.18. The van der Waals surface area contributed by atoms with E-state index in [0.29, 0.717) is 25.5 Å². The highest BCUT2D eigenvalue weighted by Crippen LogP contribution is 2.37. The van der Waals surface area contributed by atoms with Gasteiger partial charge in [0.1, 0.15) is 13.2 Å². The van der Waals surface area contributed by atoms with Crippen molar-refractivity contribution < 1.29 is 19.4 Å².